The van der Waals surface area contributed by atoms with Crippen LogP contribution in [0.4, 0.5) is 11.8 Å². The number of unbranched alkanes of at least 4 members (excludes halogenated alkanes) is 1. The Morgan fingerprint density at radius 3 is 2.76 bits per heavy atom. The zero-order valence-corrected chi connectivity index (χ0v) is 12.4. The van der Waals surface area contributed by atoms with Crippen LogP contribution in [0.2, 0.25) is 0 Å². The van der Waals surface area contributed by atoms with E-state index in [0.717, 1.165) is 25.1 Å². The Bertz CT molecular complexity index is 624. The predicted molar refractivity (Wildman–Crippen MR) is 79.4 cm³/mol. The maximum atomic E-state index is 12.1. The van der Waals surface area contributed by atoms with E-state index in [4.69, 9.17) is 4.52 Å². The minimum absolute atomic E-state index is 0.294. The quantitative estimate of drug-likeness (QED) is 0.794. The number of aryl methyl sites for hydroxylation is 2. The molecule has 7 heteroatoms. The normalized spacial score (nSPS) is 10.4. The van der Waals surface area contributed by atoms with Crippen molar-refractivity contribution in [2.45, 2.75) is 33.6 Å². The molecule has 0 fully saturated rings. The van der Waals surface area contributed by atoms with Crippen molar-refractivity contribution < 1.29 is 9.32 Å². The number of amides is 1. The molecule has 2 heterocycles. The first kappa shape index (κ1) is 15.0. The molecule has 2 aromatic rings. The molecule has 112 valence electrons. The van der Waals surface area contributed by atoms with Gasteiger partial charge in [-0.3, -0.25) is 4.79 Å². The van der Waals surface area contributed by atoms with Gasteiger partial charge in [-0.1, -0.05) is 18.5 Å². The molecular weight excluding hydrogens is 270 g/mol. The summed E-state index contributed by atoms with van der Waals surface area (Å²) in [7, 11) is 0. The molecule has 0 aliphatic carbocycles. The zero-order valence-electron chi connectivity index (χ0n) is 12.4. The summed E-state index contributed by atoms with van der Waals surface area (Å²) in [5.74, 6) is 1.12. The van der Waals surface area contributed by atoms with Crippen LogP contribution >= 0.6 is 0 Å². The van der Waals surface area contributed by atoms with E-state index in [1.165, 1.54) is 0 Å². The van der Waals surface area contributed by atoms with Gasteiger partial charge in [0.25, 0.3) is 5.91 Å². The number of aromatic nitrogens is 3. The van der Waals surface area contributed by atoms with Crippen LogP contribution in [-0.4, -0.2) is 27.6 Å². The van der Waals surface area contributed by atoms with E-state index >= 15 is 0 Å². The van der Waals surface area contributed by atoms with Crippen molar-refractivity contribution in [2.24, 2.45) is 0 Å². The van der Waals surface area contributed by atoms with Gasteiger partial charge >= 0.3 is 0 Å². The lowest BCUT2D eigenvalue weighted by Crippen LogP contribution is -2.16. The fourth-order valence-corrected chi connectivity index (χ4v) is 1.75. The number of carbonyl (C=O) groups excluding carboxylic acids is 1. The van der Waals surface area contributed by atoms with Crippen LogP contribution < -0.4 is 10.6 Å². The molecule has 0 aliphatic rings. The minimum atomic E-state index is -0.340. The minimum Gasteiger partial charge on any atom is -0.360 e. The third-order valence-electron chi connectivity index (χ3n) is 2.77. The monoisotopic (exact) mass is 289 g/mol. The number of hydrogen-bond donors (Lipinski definition) is 2. The predicted octanol–water partition coefficient (Wildman–Crippen LogP) is 2.55. The van der Waals surface area contributed by atoms with E-state index in [1.807, 2.05) is 6.92 Å². The van der Waals surface area contributed by atoms with Crippen LogP contribution in [0, 0.1) is 13.8 Å². The van der Waals surface area contributed by atoms with E-state index in [9.17, 15) is 4.79 Å². The molecule has 0 bridgehead atoms. The van der Waals surface area contributed by atoms with Gasteiger partial charge in [-0.15, -0.1) is 0 Å². The van der Waals surface area contributed by atoms with E-state index in [2.05, 4.69) is 32.7 Å². The third-order valence-corrected chi connectivity index (χ3v) is 2.77. The Balaban J connectivity index is 2.09. The molecule has 0 saturated carbocycles. The van der Waals surface area contributed by atoms with Gasteiger partial charge in [-0.25, -0.2) is 9.97 Å². The molecule has 0 unspecified atom stereocenters. The summed E-state index contributed by atoms with van der Waals surface area (Å²) < 4.78 is 4.90. The maximum Gasteiger partial charge on any atom is 0.275 e. The topological polar surface area (TPSA) is 92.9 Å². The van der Waals surface area contributed by atoms with Gasteiger partial charge in [0, 0.05) is 18.3 Å². The van der Waals surface area contributed by atoms with Crippen molar-refractivity contribution in [1.82, 2.24) is 15.1 Å². The Kier molecular flexibility index (Phi) is 4.86. The highest BCUT2D eigenvalue weighted by Gasteiger charge is 2.12. The van der Waals surface area contributed by atoms with E-state index in [1.54, 1.807) is 19.1 Å². The number of nitrogens with zero attached hydrogens (tertiary/aromatic N) is 3. The van der Waals surface area contributed by atoms with E-state index < -0.39 is 0 Å². The summed E-state index contributed by atoms with van der Waals surface area (Å²) in [5, 5.41) is 9.47. The Morgan fingerprint density at radius 1 is 1.29 bits per heavy atom. The molecule has 2 rings (SSSR count). The van der Waals surface area contributed by atoms with Crippen LogP contribution in [0.1, 0.15) is 41.7 Å². The highest BCUT2D eigenvalue weighted by Crippen LogP contribution is 2.10. The SMILES string of the molecule is CCCCNc1nc(C)cc(C(=O)Nc2cc(C)on2)n1. The Morgan fingerprint density at radius 2 is 2.10 bits per heavy atom. The zero-order chi connectivity index (χ0) is 15.2. The number of rotatable bonds is 6. The molecule has 7 nitrogen and oxygen atoms in total. The lowest BCUT2D eigenvalue weighted by atomic mass is 10.3. The standard InChI is InChI=1S/C14H19N5O2/c1-4-5-6-15-14-16-9(2)7-11(17-14)13(20)18-12-8-10(3)21-19-12/h7-8H,4-6H2,1-3H3,(H,15,16,17)(H,18,19,20). The molecule has 21 heavy (non-hydrogen) atoms. The molecule has 0 atom stereocenters. The third kappa shape index (κ3) is 4.27. The maximum absolute atomic E-state index is 12.1. The molecule has 0 saturated heterocycles. The highest BCUT2D eigenvalue weighted by molar-refractivity contribution is 6.02. The first-order valence-electron chi connectivity index (χ1n) is 6.92. The number of carbonyl (C=O) groups is 1. The second-order valence-corrected chi connectivity index (χ2v) is 4.78. The van der Waals surface area contributed by atoms with Crippen LogP contribution in [0.3, 0.4) is 0 Å². The fourth-order valence-electron chi connectivity index (χ4n) is 1.75. The lowest BCUT2D eigenvalue weighted by Gasteiger charge is -2.07. The van der Waals surface area contributed by atoms with Crippen molar-refractivity contribution in [1.29, 1.82) is 0 Å². The number of nitrogens with one attached hydrogen (secondary N) is 2. The largest absolute Gasteiger partial charge is 0.360 e. The Labute approximate surface area is 123 Å². The number of anilines is 2. The second-order valence-electron chi connectivity index (χ2n) is 4.78. The number of hydrogen-bond acceptors (Lipinski definition) is 6. The molecule has 0 radical (unpaired) electrons. The summed E-state index contributed by atoms with van der Waals surface area (Å²) in [6.07, 6.45) is 2.11. The van der Waals surface area contributed by atoms with Crippen LogP contribution in [-0.2, 0) is 0 Å². The van der Waals surface area contributed by atoms with Crippen molar-refractivity contribution >= 4 is 17.7 Å². The van der Waals surface area contributed by atoms with E-state index in [0.29, 0.717) is 23.2 Å². The first-order chi connectivity index (χ1) is 10.1. The van der Waals surface area contributed by atoms with Crippen molar-refractivity contribution in [2.75, 3.05) is 17.2 Å². The molecular formula is C14H19N5O2. The molecule has 2 aromatic heterocycles. The van der Waals surface area contributed by atoms with Gasteiger partial charge in [-0.05, 0) is 26.3 Å². The summed E-state index contributed by atoms with van der Waals surface area (Å²) in [5.41, 5.74) is 1.02. The highest BCUT2D eigenvalue weighted by atomic mass is 16.5. The summed E-state index contributed by atoms with van der Waals surface area (Å²) in [4.78, 5) is 20.6. The van der Waals surface area contributed by atoms with Crippen molar-refractivity contribution in [3.8, 4) is 0 Å². The van der Waals surface area contributed by atoms with Crippen molar-refractivity contribution in [3.63, 3.8) is 0 Å². The second kappa shape index (κ2) is 6.83. The Hall–Kier alpha value is -2.44. The fraction of sp³-hybridized carbons (Fsp3) is 0.429. The van der Waals surface area contributed by atoms with Gasteiger partial charge in [0.15, 0.2) is 5.82 Å². The summed E-state index contributed by atoms with van der Waals surface area (Å²) in [6, 6.07) is 3.28. The van der Waals surface area contributed by atoms with E-state index in [-0.39, 0.29) is 5.91 Å². The molecule has 0 spiro atoms. The lowest BCUT2D eigenvalue weighted by molar-refractivity contribution is 0.102. The smallest absolute Gasteiger partial charge is 0.275 e. The van der Waals surface area contributed by atoms with Gasteiger partial charge in [0.2, 0.25) is 5.95 Å². The average molecular weight is 289 g/mol. The average Bonchev–Trinajstić information content (AvgIpc) is 2.84. The molecule has 1 amide bonds. The summed E-state index contributed by atoms with van der Waals surface area (Å²) >= 11 is 0. The van der Waals surface area contributed by atoms with Crippen LogP contribution in [0.25, 0.3) is 0 Å². The van der Waals surface area contributed by atoms with Gasteiger partial charge < -0.3 is 15.2 Å². The van der Waals surface area contributed by atoms with Crippen LogP contribution in [0.5, 0.6) is 0 Å². The van der Waals surface area contributed by atoms with Gasteiger partial charge in [0.05, 0.1) is 0 Å². The first-order valence-corrected chi connectivity index (χ1v) is 6.92. The van der Waals surface area contributed by atoms with Gasteiger partial charge in [-0.2, -0.15) is 0 Å². The molecule has 0 aromatic carbocycles. The van der Waals surface area contributed by atoms with Crippen molar-refractivity contribution in [3.05, 3.63) is 29.3 Å². The van der Waals surface area contributed by atoms with Gasteiger partial charge in [0.1, 0.15) is 11.5 Å². The van der Waals surface area contributed by atoms with Crippen LogP contribution in [0.15, 0.2) is 16.7 Å². The molecule has 0 aliphatic heterocycles. The summed E-state index contributed by atoms with van der Waals surface area (Å²) in [6.45, 7) is 6.47. The molecule has 2 N–H and O–H groups in total.